The zero-order chi connectivity index (χ0) is 12.8. The van der Waals surface area contributed by atoms with Gasteiger partial charge in [-0.25, -0.2) is 4.79 Å². The maximum absolute atomic E-state index is 11.7. The smallest absolute Gasteiger partial charge is 0.319 e. The molecule has 0 bridgehead atoms. The van der Waals surface area contributed by atoms with Crippen LogP contribution in [0.15, 0.2) is 24.3 Å². The third-order valence-electron chi connectivity index (χ3n) is 3.20. The summed E-state index contributed by atoms with van der Waals surface area (Å²) in [6, 6.07) is 8.09. The number of urea groups is 1. The summed E-state index contributed by atoms with van der Waals surface area (Å²) < 4.78 is 0. The Morgan fingerprint density at radius 3 is 3.06 bits per heavy atom. The summed E-state index contributed by atoms with van der Waals surface area (Å²) in [7, 11) is 0. The van der Waals surface area contributed by atoms with Gasteiger partial charge in [0.2, 0.25) is 0 Å². The summed E-state index contributed by atoms with van der Waals surface area (Å²) in [5.41, 5.74) is 1.98. The number of benzene rings is 1. The molecule has 1 heterocycles. The Hall–Kier alpha value is -1.55. The summed E-state index contributed by atoms with van der Waals surface area (Å²) in [6.07, 6.45) is 3.63. The molecule has 2 amide bonds. The van der Waals surface area contributed by atoms with Gasteiger partial charge in [-0.2, -0.15) is 0 Å². The number of nitrogens with one attached hydrogen (secondary N) is 3. The van der Waals surface area contributed by atoms with Crippen LogP contribution in [-0.4, -0.2) is 25.2 Å². The van der Waals surface area contributed by atoms with E-state index in [-0.39, 0.29) is 6.03 Å². The number of anilines is 1. The van der Waals surface area contributed by atoms with E-state index in [0.29, 0.717) is 12.6 Å². The molecule has 1 aliphatic rings. The van der Waals surface area contributed by atoms with Crippen molar-refractivity contribution in [1.29, 1.82) is 0 Å². The standard InChI is InChI=1S/C14H21N3O/c1-11-5-4-7-12(9-11)17-14(18)16-10-13-6-2-3-8-15-13/h4-5,7,9,13,15H,2-3,6,8,10H2,1H3,(H2,16,17,18). The predicted octanol–water partition coefficient (Wildman–Crippen LogP) is 2.26. The molecule has 1 aromatic rings. The average Bonchev–Trinajstić information content (AvgIpc) is 2.38. The molecule has 1 unspecified atom stereocenters. The van der Waals surface area contributed by atoms with Gasteiger partial charge in [-0.05, 0) is 44.0 Å². The van der Waals surface area contributed by atoms with E-state index in [1.54, 1.807) is 0 Å². The van der Waals surface area contributed by atoms with Crippen LogP contribution in [0.4, 0.5) is 10.5 Å². The summed E-state index contributed by atoms with van der Waals surface area (Å²) in [5, 5.41) is 9.16. The first-order chi connectivity index (χ1) is 8.74. The van der Waals surface area contributed by atoms with E-state index >= 15 is 0 Å². The highest BCUT2D eigenvalue weighted by Crippen LogP contribution is 2.09. The van der Waals surface area contributed by atoms with Gasteiger partial charge < -0.3 is 16.0 Å². The second-order valence-electron chi connectivity index (χ2n) is 4.85. The van der Waals surface area contributed by atoms with Crippen LogP contribution in [-0.2, 0) is 0 Å². The molecule has 0 spiro atoms. The number of hydrogen-bond acceptors (Lipinski definition) is 2. The van der Waals surface area contributed by atoms with Crippen molar-refractivity contribution in [3.63, 3.8) is 0 Å². The van der Waals surface area contributed by atoms with Crippen molar-refractivity contribution in [2.45, 2.75) is 32.2 Å². The highest BCUT2D eigenvalue weighted by atomic mass is 16.2. The van der Waals surface area contributed by atoms with E-state index in [4.69, 9.17) is 0 Å². The van der Waals surface area contributed by atoms with E-state index in [2.05, 4.69) is 16.0 Å². The highest BCUT2D eigenvalue weighted by molar-refractivity contribution is 5.89. The first kappa shape index (κ1) is 12.9. The second-order valence-corrected chi connectivity index (χ2v) is 4.85. The van der Waals surface area contributed by atoms with Crippen LogP contribution in [0.3, 0.4) is 0 Å². The Labute approximate surface area is 108 Å². The minimum Gasteiger partial charge on any atom is -0.336 e. The lowest BCUT2D eigenvalue weighted by molar-refractivity contribution is 0.249. The second kappa shape index (κ2) is 6.40. The molecule has 0 aliphatic carbocycles. The molecule has 1 aromatic carbocycles. The zero-order valence-electron chi connectivity index (χ0n) is 10.8. The fourth-order valence-corrected chi connectivity index (χ4v) is 2.21. The Morgan fingerprint density at radius 1 is 1.44 bits per heavy atom. The molecule has 98 valence electrons. The van der Waals surface area contributed by atoms with Crippen molar-refractivity contribution in [2.24, 2.45) is 0 Å². The molecule has 1 atom stereocenters. The van der Waals surface area contributed by atoms with Gasteiger partial charge >= 0.3 is 6.03 Å². The zero-order valence-corrected chi connectivity index (χ0v) is 10.8. The SMILES string of the molecule is Cc1cccc(NC(=O)NCC2CCCCN2)c1. The quantitative estimate of drug-likeness (QED) is 0.767. The number of carbonyl (C=O) groups is 1. The molecule has 0 aromatic heterocycles. The average molecular weight is 247 g/mol. The molecule has 1 saturated heterocycles. The molecule has 4 nitrogen and oxygen atoms in total. The van der Waals surface area contributed by atoms with Crippen LogP contribution in [0.25, 0.3) is 0 Å². The van der Waals surface area contributed by atoms with Gasteiger partial charge in [-0.3, -0.25) is 0 Å². The topological polar surface area (TPSA) is 53.2 Å². The minimum absolute atomic E-state index is 0.132. The van der Waals surface area contributed by atoms with Crippen LogP contribution in [0.5, 0.6) is 0 Å². The number of aryl methyl sites for hydroxylation is 1. The van der Waals surface area contributed by atoms with Crippen molar-refractivity contribution >= 4 is 11.7 Å². The van der Waals surface area contributed by atoms with Crippen LogP contribution < -0.4 is 16.0 Å². The van der Waals surface area contributed by atoms with Gasteiger partial charge in [0.1, 0.15) is 0 Å². The number of amides is 2. The molecule has 0 saturated carbocycles. The van der Waals surface area contributed by atoms with Crippen molar-refractivity contribution in [3.05, 3.63) is 29.8 Å². The van der Waals surface area contributed by atoms with E-state index in [1.165, 1.54) is 12.8 Å². The van der Waals surface area contributed by atoms with Gasteiger partial charge in [0.25, 0.3) is 0 Å². The number of piperidine rings is 1. The van der Waals surface area contributed by atoms with Crippen LogP contribution >= 0.6 is 0 Å². The third-order valence-corrected chi connectivity index (χ3v) is 3.20. The lowest BCUT2D eigenvalue weighted by Crippen LogP contribution is -2.44. The van der Waals surface area contributed by atoms with Gasteiger partial charge in [-0.1, -0.05) is 18.6 Å². The van der Waals surface area contributed by atoms with E-state index in [9.17, 15) is 4.79 Å². The number of rotatable bonds is 3. The fraction of sp³-hybridized carbons (Fsp3) is 0.500. The molecular formula is C14H21N3O. The Balaban J connectivity index is 1.74. The molecule has 3 N–H and O–H groups in total. The highest BCUT2D eigenvalue weighted by Gasteiger charge is 2.13. The van der Waals surface area contributed by atoms with Gasteiger partial charge in [-0.15, -0.1) is 0 Å². The van der Waals surface area contributed by atoms with Crippen molar-refractivity contribution < 1.29 is 4.79 Å². The summed E-state index contributed by atoms with van der Waals surface area (Å²) >= 11 is 0. The largest absolute Gasteiger partial charge is 0.336 e. The Kier molecular flexibility index (Phi) is 4.59. The lowest BCUT2D eigenvalue weighted by atomic mass is 10.1. The maximum atomic E-state index is 11.7. The minimum atomic E-state index is -0.132. The number of carbonyl (C=O) groups excluding carboxylic acids is 1. The van der Waals surface area contributed by atoms with Gasteiger partial charge in [0, 0.05) is 18.3 Å². The normalized spacial score (nSPS) is 19.3. The fourth-order valence-electron chi connectivity index (χ4n) is 2.21. The molecule has 2 rings (SSSR count). The molecular weight excluding hydrogens is 226 g/mol. The van der Waals surface area contributed by atoms with Gasteiger partial charge in [0.05, 0.1) is 0 Å². The van der Waals surface area contributed by atoms with Crippen LogP contribution in [0.1, 0.15) is 24.8 Å². The van der Waals surface area contributed by atoms with E-state index in [0.717, 1.165) is 24.2 Å². The lowest BCUT2D eigenvalue weighted by Gasteiger charge is -2.23. The molecule has 1 aliphatic heterocycles. The first-order valence-corrected chi connectivity index (χ1v) is 6.59. The Bertz CT molecular complexity index is 400. The van der Waals surface area contributed by atoms with Crippen LogP contribution in [0, 0.1) is 6.92 Å². The summed E-state index contributed by atoms with van der Waals surface area (Å²) in [6.45, 7) is 3.76. The van der Waals surface area contributed by atoms with Gasteiger partial charge in [0.15, 0.2) is 0 Å². The van der Waals surface area contributed by atoms with E-state index in [1.807, 2.05) is 31.2 Å². The monoisotopic (exact) mass is 247 g/mol. The van der Waals surface area contributed by atoms with Crippen molar-refractivity contribution in [3.8, 4) is 0 Å². The predicted molar refractivity (Wildman–Crippen MR) is 73.8 cm³/mol. The number of hydrogen-bond donors (Lipinski definition) is 3. The molecule has 1 fully saturated rings. The first-order valence-electron chi connectivity index (χ1n) is 6.59. The molecule has 4 heteroatoms. The Morgan fingerprint density at radius 2 is 2.33 bits per heavy atom. The third kappa shape index (κ3) is 4.04. The maximum Gasteiger partial charge on any atom is 0.319 e. The summed E-state index contributed by atoms with van der Waals surface area (Å²) in [5.74, 6) is 0. The van der Waals surface area contributed by atoms with Crippen molar-refractivity contribution in [1.82, 2.24) is 10.6 Å². The van der Waals surface area contributed by atoms with Crippen LogP contribution in [0.2, 0.25) is 0 Å². The molecule has 18 heavy (non-hydrogen) atoms. The summed E-state index contributed by atoms with van der Waals surface area (Å²) in [4.78, 5) is 11.7. The van der Waals surface area contributed by atoms with Crippen molar-refractivity contribution in [2.75, 3.05) is 18.4 Å². The molecule has 0 radical (unpaired) electrons. The van der Waals surface area contributed by atoms with E-state index < -0.39 is 0 Å².